The van der Waals surface area contributed by atoms with Crippen LogP contribution < -0.4 is 0 Å². The van der Waals surface area contributed by atoms with Crippen LogP contribution in [0.3, 0.4) is 0 Å². The van der Waals surface area contributed by atoms with Crippen molar-refractivity contribution in [3.05, 3.63) is 23.5 Å². The fraction of sp³-hybridized carbons (Fsp3) is 0.286. The Kier molecular flexibility index (Phi) is 2.12. The van der Waals surface area contributed by atoms with Gasteiger partial charge < -0.3 is 9.94 Å². The lowest BCUT2D eigenvalue weighted by atomic mass is 10.4. The molecule has 1 aliphatic rings. The molecule has 0 saturated carbocycles. The summed E-state index contributed by atoms with van der Waals surface area (Å²) in [5.74, 6) is 0. The average molecular weight is 201 g/mol. The van der Waals surface area contributed by atoms with Gasteiger partial charge in [0.25, 0.3) is 12.0 Å². The Balaban J connectivity index is 2.26. The first kappa shape index (κ1) is 8.40. The molecular weight excluding hydrogens is 194 g/mol. The normalized spacial score (nSPS) is 21.1. The zero-order valence-corrected chi connectivity index (χ0v) is 7.35. The maximum absolute atomic E-state index is 9.02. The Labute approximate surface area is 79.2 Å². The van der Waals surface area contributed by atoms with Crippen LogP contribution in [0.25, 0.3) is 0 Å². The van der Waals surface area contributed by atoms with Crippen molar-refractivity contribution in [2.45, 2.75) is 6.29 Å². The zero-order valence-electron chi connectivity index (χ0n) is 6.59. The molecule has 0 aliphatic carbocycles. The van der Waals surface area contributed by atoms with Crippen molar-refractivity contribution in [2.24, 2.45) is 5.28 Å². The van der Waals surface area contributed by atoms with Gasteiger partial charge in [0, 0.05) is 12.3 Å². The molecule has 0 spiro atoms. The Bertz CT molecular complexity index is 355. The summed E-state index contributed by atoms with van der Waals surface area (Å²) >= 11 is 5.73. The number of β-amino-alcohol motifs (C(OH)–C–C–N with tert-alkyl or cyclic N) is 1. The van der Waals surface area contributed by atoms with E-state index in [9.17, 15) is 0 Å². The number of aliphatic hydroxyl groups is 1. The molecule has 1 aliphatic heterocycles. The Morgan fingerprint density at radius 2 is 2.46 bits per heavy atom. The molecule has 5 nitrogen and oxygen atoms in total. The third kappa shape index (κ3) is 1.76. The highest BCUT2D eigenvalue weighted by atomic mass is 35.5. The molecule has 0 amide bonds. The Morgan fingerprint density at radius 3 is 3.08 bits per heavy atom. The zero-order chi connectivity index (χ0) is 9.26. The van der Waals surface area contributed by atoms with Crippen LogP contribution in [-0.2, 0) is 4.84 Å². The number of halogens is 1. The molecule has 0 aromatic carbocycles. The van der Waals surface area contributed by atoms with Gasteiger partial charge in [-0.15, -0.1) is 0 Å². The van der Waals surface area contributed by atoms with E-state index < -0.39 is 6.29 Å². The van der Waals surface area contributed by atoms with Crippen molar-refractivity contribution in [3.8, 4) is 0 Å². The van der Waals surface area contributed by atoms with Crippen LogP contribution >= 0.6 is 11.6 Å². The molecule has 1 unspecified atom stereocenters. The summed E-state index contributed by atoms with van der Waals surface area (Å²) in [5.41, 5.74) is 0.698. The molecular formula is C7H7ClN3O2+. The maximum Gasteiger partial charge on any atom is 0.292 e. The molecule has 1 aromatic heterocycles. The van der Waals surface area contributed by atoms with Gasteiger partial charge in [-0.2, -0.15) is 0 Å². The summed E-state index contributed by atoms with van der Waals surface area (Å²) < 4.78 is 1.49. The third-order valence-electron chi connectivity index (χ3n) is 1.58. The second kappa shape index (κ2) is 3.27. The van der Waals surface area contributed by atoms with Gasteiger partial charge in [0.2, 0.25) is 6.54 Å². The summed E-state index contributed by atoms with van der Waals surface area (Å²) in [6.07, 6.45) is 2.24. The van der Waals surface area contributed by atoms with Gasteiger partial charge in [0.05, 0.1) is 5.02 Å². The summed E-state index contributed by atoms with van der Waals surface area (Å²) in [6.45, 7) is 0.294. The highest BCUT2D eigenvalue weighted by Gasteiger charge is 2.27. The first-order chi connectivity index (χ1) is 6.25. The van der Waals surface area contributed by atoms with Crippen molar-refractivity contribution in [3.63, 3.8) is 0 Å². The van der Waals surface area contributed by atoms with Gasteiger partial charge >= 0.3 is 0 Å². The lowest BCUT2D eigenvalue weighted by Gasteiger charge is -1.91. The van der Waals surface area contributed by atoms with E-state index in [4.69, 9.17) is 16.7 Å². The van der Waals surface area contributed by atoms with E-state index in [2.05, 4.69) is 15.1 Å². The second-order valence-electron chi connectivity index (χ2n) is 2.59. The molecule has 0 saturated heterocycles. The fourth-order valence-corrected chi connectivity index (χ4v) is 1.19. The highest BCUT2D eigenvalue weighted by molar-refractivity contribution is 6.30. The lowest BCUT2D eigenvalue weighted by molar-refractivity contribution is -0.509. The molecule has 2 heterocycles. The van der Waals surface area contributed by atoms with Gasteiger partial charge in [-0.05, 0) is 4.70 Å². The van der Waals surface area contributed by atoms with Gasteiger partial charge in [-0.25, -0.2) is 0 Å². The molecule has 2 rings (SSSR count). The third-order valence-corrected chi connectivity index (χ3v) is 1.79. The minimum atomic E-state index is -0.876. The Hall–Kier alpha value is -1.20. The van der Waals surface area contributed by atoms with E-state index in [1.807, 2.05) is 0 Å². The molecule has 0 radical (unpaired) electrons. The van der Waals surface area contributed by atoms with Crippen LogP contribution in [0.5, 0.6) is 0 Å². The van der Waals surface area contributed by atoms with Crippen LogP contribution in [-0.4, -0.2) is 27.6 Å². The SMILES string of the molecule is OC1C[N+](c2cncc(Cl)c2)=NO1. The average Bonchev–Trinajstić information content (AvgIpc) is 2.52. The van der Waals surface area contributed by atoms with Crippen LogP contribution in [0.15, 0.2) is 23.7 Å². The lowest BCUT2D eigenvalue weighted by Crippen LogP contribution is -2.13. The molecule has 1 atom stereocenters. The topological polar surface area (TPSA) is 57.7 Å². The van der Waals surface area contributed by atoms with E-state index in [1.54, 1.807) is 12.3 Å². The predicted octanol–water partition coefficient (Wildman–Crippen LogP) is 1.09. The standard InChI is InChI=1S/C7H7ClN3O2/c8-5-1-6(3-9-2-5)11-4-7(12)13-10-11/h1-3,7,12H,4H2/q+1. The van der Waals surface area contributed by atoms with Gasteiger partial charge in [-0.1, -0.05) is 11.6 Å². The maximum atomic E-state index is 9.02. The van der Waals surface area contributed by atoms with Gasteiger partial charge in [-0.3, -0.25) is 4.98 Å². The van der Waals surface area contributed by atoms with Crippen LogP contribution in [0.4, 0.5) is 5.69 Å². The van der Waals surface area contributed by atoms with Crippen LogP contribution in [0.2, 0.25) is 5.02 Å². The molecule has 0 fully saturated rings. The smallest absolute Gasteiger partial charge is 0.292 e. The minimum absolute atomic E-state index is 0.294. The number of hydrogen-bond acceptors (Lipinski definition) is 4. The van der Waals surface area contributed by atoms with E-state index in [0.29, 0.717) is 17.3 Å². The Morgan fingerprint density at radius 1 is 1.62 bits per heavy atom. The monoisotopic (exact) mass is 200 g/mol. The van der Waals surface area contributed by atoms with Crippen molar-refractivity contribution in [2.75, 3.05) is 6.54 Å². The highest BCUT2D eigenvalue weighted by Crippen LogP contribution is 2.19. The molecule has 13 heavy (non-hydrogen) atoms. The van der Waals surface area contributed by atoms with Crippen molar-refractivity contribution in [1.29, 1.82) is 0 Å². The van der Waals surface area contributed by atoms with Crippen molar-refractivity contribution < 1.29 is 14.6 Å². The summed E-state index contributed by atoms with van der Waals surface area (Å²) in [7, 11) is 0. The largest absolute Gasteiger partial charge is 0.352 e. The number of aromatic nitrogens is 1. The summed E-state index contributed by atoms with van der Waals surface area (Å²) in [6, 6.07) is 1.69. The van der Waals surface area contributed by atoms with Crippen molar-refractivity contribution in [1.82, 2.24) is 4.98 Å². The molecule has 1 aromatic rings. The van der Waals surface area contributed by atoms with E-state index >= 15 is 0 Å². The predicted molar refractivity (Wildman–Crippen MR) is 43.6 cm³/mol. The first-order valence-electron chi connectivity index (χ1n) is 3.68. The van der Waals surface area contributed by atoms with E-state index in [1.165, 1.54) is 10.9 Å². The number of rotatable bonds is 1. The quantitative estimate of drug-likeness (QED) is 0.691. The molecule has 1 N–H and O–H groups in total. The molecule has 68 valence electrons. The molecule has 6 heteroatoms. The van der Waals surface area contributed by atoms with Gasteiger partial charge in [0.1, 0.15) is 6.20 Å². The summed E-state index contributed by atoms with van der Waals surface area (Å²) in [4.78, 5) is 8.48. The van der Waals surface area contributed by atoms with E-state index in [-0.39, 0.29) is 0 Å². The van der Waals surface area contributed by atoms with Crippen molar-refractivity contribution >= 4 is 17.3 Å². The second-order valence-corrected chi connectivity index (χ2v) is 3.02. The van der Waals surface area contributed by atoms with E-state index in [0.717, 1.165) is 0 Å². The number of aliphatic hydroxyl groups excluding tert-OH is 1. The fourth-order valence-electron chi connectivity index (χ4n) is 1.02. The number of pyridine rings is 1. The number of nitrogens with zero attached hydrogens (tertiary/aromatic N) is 3. The molecule has 0 bridgehead atoms. The minimum Gasteiger partial charge on any atom is -0.352 e. The van der Waals surface area contributed by atoms with Crippen LogP contribution in [0.1, 0.15) is 0 Å². The van der Waals surface area contributed by atoms with Gasteiger partial charge in [0.15, 0.2) is 5.28 Å². The van der Waals surface area contributed by atoms with Crippen LogP contribution in [0, 0.1) is 0 Å². The summed E-state index contributed by atoms with van der Waals surface area (Å²) in [5, 5.41) is 13.2. The first-order valence-corrected chi connectivity index (χ1v) is 4.06. The number of hydrogen-bond donors (Lipinski definition) is 1.